The van der Waals surface area contributed by atoms with Crippen LogP contribution in [0.25, 0.3) is 0 Å². The van der Waals surface area contributed by atoms with Crippen molar-refractivity contribution in [2.75, 3.05) is 51.8 Å². The van der Waals surface area contributed by atoms with Gasteiger partial charge in [-0.3, -0.25) is 0 Å². The van der Waals surface area contributed by atoms with Crippen LogP contribution in [0, 0.1) is 17.8 Å². The fraction of sp³-hybridized carbons (Fsp3) is 0.786. The third-order valence-electron chi connectivity index (χ3n) is 7.49. The molecule has 2 aliphatic rings. The van der Waals surface area contributed by atoms with E-state index in [-0.39, 0.29) is 31.3 Å². The maximum absolute atomic E-state index is 11.8. The van der Waals surface area contributed by atoms with Gasteiger partial charge in [-0.2, -0.15) is 0 Å². The van der Waals surface area contributed by atoms with E-state index in [1.165, 1.54) is 0 Å². The molecule has 6 unspecified atom stereocenters. The molecule has 37 heavy (non-hydrogen) atoms. The second kappa shape index (κ2) is 16.7. The molecule has 0 radical (unpaired) electrons. The fourth-order valence-electron chi connectivity index (χ4n) is 5.18. The molecule has 1 aliphatic carbocycles. The quantitative estimate of drug-likeness (QED) is 0.206. The molecule has 1 heterocycles. The number of thioether (sulfide) groups is 2. The van der Waals surface area contributed by atoms with E-state index in [1.54, 1.807) is 30.6 Å². The summed E-state index contributed by atoms with van der Waals surface area (Å²) in [5.41, 5.74) is 1.15. The summed E-state index contributed by atoms with van der Waals surface area (Å²) in [4.78, 5) is 0. The Kier molecular flexibility index (Phi) is 14.0. The fourth-order valence-corrected chi connectivity index (χ4v) is 8.72. The van der Waals surface area contributed by atoms with Crippen LogP contribution in [-0.2, 0) is 25.6 Å². The largest absolute Gasteiger partial charge is 0.396 e. The van der Waals surface area contributed by atoms with Crippen LogP contribution < -0.4 is 0 Å². The van der Waals surface area contributed by atoms with Gasteiger partial charge in [0.25, 0.3) is 0 Å². The highest BCUT2D eigenvalue weighted by Gasteiger charge is 2.49. The lowest BCUT2D eigenvalue weighted by Gasteiger charge is -2.47. The van der Waals surface area contributed by atoms with Crippen molar-refractivity contribution in [2.45, 2.75) is 68.0 Å². The molecule has 1 saturated heterocycles. The Morgan fingerprint density at radius 1 is 1.08 bits per heavy atom. The van der Waals surface area contributed by atoms with Crippen LogP contribution in [0.1, 0.15) is 44.6 Å². The second-order valence-corrected chi connectivity index (χ2v) is 13.4. The first-order valence-electron chi connectivity index (χ1n) is 13.5. The molecule has 1 saturated carbocycles. The Labute approximate surface area is 231 Å². The van der Waals surface area contributed by atoms with Gasteiger partial charge in [0, 0.05) is 38.6 Å². The molecule has 1 aromatic carbocycles. The molecule has 3 rings (SSSR count). The molecule has 6 atom stereocenters. The standard InChI is InChI=1S/C28H46O7S2/c1-21(17-29)26(35-20-33-12-11-32-2)16-28(36-13-6-14-37-28)27(31)24-10-9-23(15-25(24)30)19-34-18-22-7-4-3-5-8-22/h3-5,7-8,21,23-27,29-31H,6,9-20H2,1-2H3. The van der Waals surface area contributed by atoms with Crippen LogP contribution in [0.5, 0.6) is 0 Å². The van der Waals surface area contributed by atoms with Crippen LogP contribution >= 0.6 is 23.5 Å². The topological polar surface area (TPSA) is 97.6 Å². The van der Waals surface area contributed by atoms with Gasteiger partial charge in [-0.15, -0.1) is 23.5 Å². The molecular weight excluding hydrogens is 512 g/mol. The van der Waals surface area contributed by atoms with E-state index in [0.717, 1.165) is 36.3 Å². The van der Waals surface area contributed by atoms with Crippen molar-refractivity contribution in [1.82, 2.24) is 0 Å². The third kappa shape index (κ3) is 9.65. The molecule has 212 valence electrons. The van der Waals surface area contributed by atoms with Crippen LogP contribution in [-0.4, -0.2) is 89.5 Å². The molecule has 1 aliphatic heterocycles. The molecule has 0 aromatic heterocycles. The summed E-state index contributed by atoms with van der Waals surface area (Å²) in [7, 11) is 1.63. The van der Waals surface area contributed by atoms with Crippen LogP contribution in [0.15, 0.2) is 30.3 Å². The number of benzene rings is 1. The van der Waals surface area contributed by atoms with Gasteiger partial charge >= 0.3 is 0 Å². The highest BCUT2D eigenvalue weighted by molar-refractivity contribution is 8.18. The average molecular weight is 559 g/mol. The van der Waals surface area contributed by atoms with Crippen molar-refractivity contribution < 1.29 is 34.3 Å². The molecule has 7 nitrogen and oxygen atoms in total. The van der Waals surface area contributed by atoms with E-state index in [9.17, 15) is 15.3 Å². The number of aliphatic hydroxyl groups excluding tert-OH is 3. The highest BCUT2D eigenvalue weighted by Crippen LogP contribution is 2.52. The van der Waals surface area contributed by atoms with Crippen molar-refractivity contribution >= 4 is 23.5 Å². The predicted molar refractivity (Wildman–Crippen MR) is 150 cm³/mol. The molecule has 1 aromatic rings. The maximum atomic E-state index is 11.8. The SMILES string of the molecule is COCCOCOC(CC1(C(O)C2CCC(COCc3ccccc3)CC2O)SCCCS1)C(C)CO. The number of aliphatic hydroxyl groups is 3. The van der Waals surface area contributed by atoms with Gasteiger partial charge in [0.1, 0.15) is 6.79 Å². The van der Waals surface area contributed by atoms with Crippen LogP contribution in [0.2, 0.25) is 0 Å². The monoisotopic (exact) mass is 558 g/mol. The zero-order valence-corrected chi connectivity index (χ0v) is 24.0. The Hall–Kier alpha value is -0.360. The smallest absolute Gasteiger partial charge is 0.147 e. The highest BCUT2D eigenvalue weighted by atomic mass is 32.2. The lowest BCUT2D eigenvalue weighted by Crippen LogP contribution is -2.51. The third-order valence-corrected chi connectivity index (χ3v) is 11.0. The summed E-state index contributed by atoms with van der Waals surface area (Å²) in [6.07, 6.45) is 2.52. The summed E-state index contributed by atoms with van der Waals surface area (Å²) in [6, 6.07) is 10.1. The van der Waals surface area contributed by atoms with E-state index in [0.29, 0.717) is 45.2 Å². The van der Waals surface area contributed by atoms with Crippen molar-refractivity contribution in [3.05, 3.63) is 35.9 Å². The molecule has 0 spiro atoms. The van der Waals surface area contributed by atoms with E-state index >= 15 is 0 Å². The number of hydrogen-bond acceptors (Lipinski definition) is 9. The Morgan fingerprint density at radius 3 is 2.51 bits per heavy atom. The predicted octanol–water partition coefficient (Wildman–Crippen LogP) is 3.93. The first-order valence-corrected chi connectivity index (χ1v) is 15.5. The molecule has 0 bridgehead atoms. The zero-order valence-electron chi connectivity index (χ0n) is 22.3. The molecule has 2 fully saturated rings. The van der Waals surface area contributed by atoms with Gasteiger partial charge < -0.3 is 34.3 Å². The number of rotatable bonds is 16. The summed E-state index contributed by atoms with van der Waals surface area (Å²) < 4.78 is 22.1. The van der Waals surface area contributed by atoms with Gasteiger partial charge in [0.05, 0.1) is 42.2 Å². The van der Waals surface area contributed by atoms with E-state index in [4.69, 9.17) is 18.9 Å². The molecular formula is C28H46O7S2. The molecule has 9 heteroatoms. The van der Waals surface area contributed by atoms with Gasteiger partial charge in [0.2, 0.25) is 0 Å². The molecule has 3 N–H and O–H groups in total. The zero-order chi connectivity index (χ0) is 26.5. The second-order valence-electron chi connectivity index (χ2n) is 10.3. The van der Waals surface area contributed by atoms with Gasteiger partial charge in [-0.1, -0.05) is 37.3 Å². The van der Waals surface area contributed by atoms with Crippen LogP contribution in [0.3, 0.4) is 0 Å². The van der Waals surface area contributed by atoms with Crippen molar-refractivity contribution in [3.63, 3.8) is 0 Å². The Bertz CT molecular complexity index is 735. The van der Waals surface area contributed by atoms with Crippen molar-refractivity contribution in [3.8, 4) is 0 Å². The summed E-state index contributed by atoms with van der Waals surface area (Å²) in [6.45, 7) is 4.23. The first kappa shape index (κ1) is 31.2. The van der Waals surface area contributed by atoms with Gasteiger partial charge in [-0.25, -0.2) is 0 Å². The number of hydrogen-bond donors (Lipinski definition) is 3. The van der Waals surface area contributed by atoms with Crippen LogP contribution in [0.4, 0.5) is 0 Å². The summed E-state index contributed by atoms with van der Waals surface area (Å²) in [5.74, 6) is 1.94. The van der Waals surface area contributed by atoms with E-state index in [2.05, 4.69) is 12.1 Å². The lowest BCUT2D eigenvalue weighted by molar-refractivity contribution is -0.123. The Morgan fingerprint density at radius 2 is 1.84 bits per heavy atom. The van der Waals surface area contributed by atoms with Gasteiger partial charge in [-0.05, 0) is 48.7 Å². The average Bonchev–Trinajstić information content (AvgIpc) is 2.92. The molecule has 0 amide bonds. The number of ether oxygens (including phenoxy) is 4. The Balaban J connectivity index is 1.58. The van der Waals surface area contributed by atoms with Crippen molar-refractivity contribution in [2.24, 2.45) is 17.8 Å². The maximum Gasteiger partial charge on any atom is 0.147 e. The summed E-state index contributed by atoms with van der Waals surface area (Å²) in [5, 5.41) is 32.8. The van der Waals surface area contributed by atoms with Crippen molar-refractivity contribution in [1.29, 1.82) is 0 Å². The summed E-state index contributed by atoms with van der Waals surface area (Å²) >= 11 is 3.57. The lowest BCUT2D eigenvalue weighted by atomic mass is 9.76. The minimum absolute atomic E-state index is 0.000954. The first-order chi connectivity index (χ1) is 18.0. The normalized spacial score (nSPS) is 26.5. The van der Waals surface area contributed by atoms with E-state index < -0.39 is 16.3 Å². The minimum Gasteiger partial charge on any atom is -0.396 e. The minimum atomic E-state index is -0.671. The van der Waals surface area contributed by atoms with E-state index in [1.807, 2.05) is 25.1 Å². The van der Waals surface area contributed by atoms with Gasteiger partial charge in [0.15, 0.2) is 0 Å². The number of methoxy groups -OCH3 is 1.